The number of hydrogen-bond acceptors (Lipinski definition) is 4. The average Bonchev–Trinajstić information content (AvgIpc) is 2.95. The van der Waals surface area contributed by atoms with Crippen molar-refractivity contribution in [3.8, 4) is 0 Å². The maximum absolute atomic E-state index is 10.9. The van der Waals surface area contributed by atoms with Crippen LogP contribution in [0.25, 0.3) is 0 Å². The molecule has 0 saturated heterocycles. The van der Waals surface area contributed by atoms with Crippen LogP contribution < -0.4 is 0 Å². The lowest BCUT2D eigenvalue weighted by Gasteiger charge is -2.42. The first-order chi connectivity index (χ1) is 19.5. The lowest BCUT2D eigenvalue weighted by atomic mass is 9.67. The van der Waals surface area contributed by atoms with E-state index in [1.165, 1.54) is 22.3 Å². The molecule has 0 bridgehead atoms. The Hall–Kier alpha value is -1.43. The number of nitrogens with zero attached hydrogens (tertiary/aromatic N) is 1. The van der Waals surface area contributed by atoms with Crippen molar-refractivity contribution < 1.29 is 13.8 Å². The Labute approximate surface area is 271 Å². The first kappa shape index (κ1) is 32.5. The van der Waals surface area contributed by atoms with Crippen molar-refractivity contribution >= 4 is 65.6 Å². The van der Waals surface area contributed by atoms with Gasteiger partial charge in [0, 0.05) is 36.6 Å². The van der Waals surface area contributed by atoms with Crippen LogP contribution in [0.5, 0.6) is 0 Å². The molecule has 216 valence electrons. The summed E-state index contributed by atoms with van der Waals surface area (Å²) < 4.78 is 17.2. The largest absolute Gasteiger partial charge is 0.648 e. The highest BCUT2D eigenvalue weighted by Crippen LogP contribution is 2.55. The van der Waals surface area contributed by atoms with E-state index < -0.39 is 23.2 Å². The molecule has 0 spiro atoms. The van der Waals surface area contributed by atoms with Gasteiger partial charge < -0.3 is 13.8 Å². The third-order valence-corrected chi connectivity index (χ3v) is 12.1. The Balaban J connectivity index is 1.58. The monoisotopic (exact) mass is 761 g/mol. The molecule has 0 radical (unpaired) electrons. The van der Waals surface area contributed by atoms with Crippen molar-refractivity contribution in [2.45, 2.75) is 30.1 Å². The number of rotatable bonds is 12. The van der Waals surface area contributed by atoms with Gasteiger partial charge in [-0.05, 0) is 99.1 Å². The van der Waals surface area contributed by atoms with Gasteiger partial charge in [0.1, 0.15) is 0 Å². The topological polar surface area (TPSA) is 41.9 Å². The van der Waals surface area contributed by atoms with Crippen molar-refractivity contribution in [1.29, 1.82) is 0 Å². The van der Waals surface area contributed by atoms with E-state index in [0.29, 0.717) is 13.0 Å². The molecule has 0 heterocycles. The molecule has 4 nitrogen and oxygen atoms in total. The summed E-state index contributed by atoms with van der Waals surface area (Å²) in [6.07, 6.45) is 3.48. The fraction of sp³-hybridized carbons (Fsp3) is 0.250. The van der Waals surface area contributed by atoms with Crippen LogP contribution in [0, 0.1) is 6.92 Å². The van der Waals surface area contributed by atoms with Crippen molar-refractivity contribution in [2.24, 2.45) is 0 Å². The highest BCUT2D eigenvalue weighted by atomic mass is 79.9. The van der Waals surface area contributed by atoms with Gasteiger partial charge in [-0.15, -0.1) is 0 Å². The molecule has 0 amide bonds. The van der Waals surface area contributed by atoms with Gasteiger partial charge in [-0.1, -0.05) is 112 Å². The molecular weight excluding hydrogens is 729 g/mol. The molecule has 0 fully saturated rings. The first-order valence-corrected chi connectivity index (χ1v) is 17.6. The predicted molar refractivity (Wildman–Crippen MR) is 183 cm³/mol. The van der Waals surface area contributed by atoms with Crippen molar-refractivity contribution in [3.05, 3.63) is 133 Å². The van der Waals surface area contributed by atoms with Crippen LogP contribution in [0.3, 0.4) is 0 Å². The SMILES string of the molecule is Cc1ccc(S(C)(OB(O)OCCCC(c2ccc(Br)cc2)(c2ccc(Br)cc2)c2ccc(Br)cc2)N(C)C)cc1. The van der Waals surface area contributed by atoms with Crippen LogP contribution in [0.15, 0.2) is 115 Å². The third-order valence-electron chi connectivity index (χ3n) is 7.39. The number of benzene rings is 4. The highest BCUT2D eigenvalue weighted by molar-refractivity contribution is 9.11. The Kier molecular flexibility index (Phi) is 11.4. The van der Waals surface area contributed by atoms with E-state index in [1.807, 2.05) is 24.7 Å². The molecule has 1 atom stereocenters. The summed E-state index contributed by atoms with van der Waals surface area (Å²) in [5, 5.41) is 10.9. The lowest BCUT2D eigenvalue weighted by molar-refractivity contribution is 0.190. The van der Waals surface area contributed by atoms with E-state index in [-0.39, 0.29) is 0 Å². The van der Waals surface area contributed by atoms with Gasteiger partial charge in [0.2, 0.25) is 0 Å². The smallest absolute Gasteiger partial charge is 0.401 e. The Morgan fingerprint density at radius 1 is 0.732 bits per heavy atom. The van der Waals surface area contributed by atoms with E-state index in [9.17, 15) is 5.02 Å². The second kappa shape index (κ2) is 14.4. The van der Waals surface area contributed by atoms with Crippen molar-refractivity contribution in [3.63, 3.8) is 0 Å². The average molecular weight is 764 g/mol. The number of aryl methyl sites for hydroxylation is 1. The minimum Gasteiger partial charge on any atom is -0.401 e. The summed E-state index contributed by atoms with van der Waals surface area (Å²) in [6, 6.07) is 33.9. The molecule has 4 rings (SSSR count). The van der Waals surface area contributed by atoms with Crippen LogP contribution in [0.1, 0.15) is 35.1 Å². The molecule has 0 saturated carbocycles. The van der Waals surface area contributed by atoms with Crippen LogP contribution in [-0.4, -0.2) is 43.6 Å². The number of halogens is 3. The van der Waals surface area contributed by atoms with Crippen LogP contribution >= 0.6 is 58.3 Å². The lowest BCUT2D eigenvalue weighted by Crippen LogP contribution is -2.32. The summed E-state index contributed by atoms with van der Waals surface area (Å²) in [6.45, 7) is 2.39. The highest BCUT2D eigenvalue weighted by Gasteiger charge is 2.37. The van der Waals surface area contributed by atoms with Crippen LogP contribution in [0.2, 0.25) is 0 Å². The van der Waals surface area contributed by atoms with Gasteiger partial charge in [0.15, 0.2) is 0 Å². The van der Waals surface area contributed by atoms with E-state index in [0.717, 1.165) is 24.7 Å². The molecule has 41 heavy (non-hydrogen) atoms. The third kappa shape index (κ3) is 7.75. The fourth-order valence-corrected chi connectivity index (χ4v) is 7.50. The van der Waals surface area contributed by atoms with Gasteiger partial charge in [-0.3, -0.25) is 4.31 Å². The van der Waals surface area contributed by atoms with Gasteiger partial charge >= 0.3 is 7.32 Å². The number of hydrogen-bond donors (Lipinski definition) is 1. The van der Waals surface area contributed by atoms with Crippen molar-refractivity contribution in [1.82, 2.24) is 4.31 Å². The summed E-state index contributed by atoms with van der Waals surface area (Å²) >= 11 is 10.8. The van der Waals surface area contributed by atoms with Gasteiger partial charge in [-0.2, -0.15) is 0 Å². The molecule has 9 heteroatoms. The zero-order valence-electron chi connectivity index (χ0n) is 23.7. The molecule has 0 aliphatic rings. The molecule has 4 aromatic carbocycles. The maximum atomic E-state index is 10.9. The summed E-state index contributed by atoms with van der Waals surface area (Å²) in [7, 11) is 0.668. The molecular formula is C32H35BBr3NO3S. The second-order valence-corrected chi connectivity index (χ2v) is 16.0. The second-order valence-electron chi connectivity index (χ2n) is 10.2. The Morgan fingerprint density at radius 2 is 1.15 bits per heavy atom. The minimum atomic E-state index is -1.91. The summed E-state index contributed by atoms with van der Waals surface area (Å²) in [5.74, 6) is 0. The van der Waals surface area contributed by atoms with Gasteiger partial charge in [0.25, 0.3) is 0 Å². The molecule has 0 aromatic heterocycles. The Bertz CT molecular complexity index is 1290. The standard InChI is InChI=1S/C32H35BBr3NO3S/c1-24-6-20-31(21-7-24)41(4,37(2)3)40-33(38)39-23-5-22-32(25-8-14-28(34)15-9-25,26-10-16-29(35)17-11-26)27-12-18-30(36)19-13-27/h6-21,38H,5,22-23H2,1-4H3. The van der Waals surface area contributed by atoms with Gasteiger partial charge in [0.05, 0.1) is 0 Å². The fourth-order valence-electron chi connectivity index (χ4n) is 4.99. The Morgan fingerprint density at radius 3 is 1.54 bits per heavy atom. The molecule has 4 aromatic rings. The van der Waals surface area contributed by atoms with Gasteiger partial charge in [-0.25, -0.2) is 0 Å². The maximum Gasteiger partial charge on any atom is 0.648 e. The van der Waals surface area contributed by atoms with E-state index >= 15 is 0 Å². The normalized spacial score (nSPS) is 14.1. The van der Waals surface area contributed by atoms with Crippen LogP contribution in [0.4, 0.5) is 0 Å². The molecule has 0 aliphatic heterocycles. The molecule has 1 unspecified atom stereocenters. The zero-order chi connectivity index (χ0) is 29.6. The predicted octanol–water partition coefficient (Wildman–Crippen LogP) is 9.29. The summed E-state index contributed by atoms with van der Waals surface area (Å²) in [5.41, 5.74) is 4.31. The zero-order valence-corrected chi connectivity index (χ0v) is 29.3. The quantitative estimate of drug-likeness (QED) is 0.0888. The van der Waals surface area contributed by atoms with Crippen molar-refractivity contribution in [2.75, 3.05) is 27.0 Å². The van der Waals surface area contributed by atoms with E-state index in [2.05, 4.69) is 152 Å². The summed E-state index contributed by atoms with van der Waals surface area (Å²) in [4.78, 5) is 1.02. The minimum absolute atomic E-state index is 0.337. The molecule has 0 aliphatic carbocycles. The van der Waals surface area contributed by atoms with Crippen LogP contribution in [-0.2, 0) is 14.2 Å². The first-order valence-electron chi connectivity index (χ1n) is 13.3. The van der Waals surface area contributed by atoms with E-state index in [4.69, 9.17) is 8.75 Å². The van der Waals surface area contributed by atoms with E-state index in [1.54, 1.807) is 0 Å². The molecule has 1 N–H and O–H groups in total.